The monoisotopic (exact) mass is 248 g/mol. The van der Waals surface area contributed by atoms with E-state index in [0.717, 1.165) is 30.6 Å². The molecule has 0 saturated carbocycles. The molecule has 0 radical (unpaired) electrons. The zero-order valence-corrected chi connectivity index (χ0v) is 11.0. The summed E-state index contributed by atoms with van der Waals surface area (Å²) in [7, 11) is 0. The summed E-state index contributed by atoms with van der Waals surface area (Å²) in [4.78, 5) is 17.7. The number of aromatic nitrogens is 1. The maximum Gasteiger partial charge on any atom is 0.307 e. The normalized spacial score (nSPS) is 22.7. The summed E-state index contributed by atoms with van der Waals surface area (Å²) in [6.45, 7) is 5.71. The van der Waals surface area contributed by atoms with Crippen molar-refractivity contribution in [2.45, 2.75) is 32.7 Å². The Balaban J connectivity index is 2.06. The van der Waals surface area contributed by atoms with E-state index < -0.39 is 5.97 Å². The Morgan fingerprint density at radius 2 is 2.33 bits per heavy atom. The summed E-state index contributed by atoms with van der Waals surface area (Å²) in [5.74, 6) is -0.907. The summed E-state index contributed by atoms with van der Waals surface area (Å²) in [5, 5.41) is 9.10. The van der Waals surface area contributed by atoms with Gasteiger partial charge in [0.2, 0.25) is 0 Å². The van der Waals surface area contributed by atoms with Gasteiger partial charge in [0.15, 0.2) is 0 Å². The number of hydrogen-bond donors (Lipinski definition) is 1. The predicted molar refractivity (Wildman–Crippen MR) is 69.3 cm³/mol. The molecule has 0 spiro atoms. The van der Waals surface area contributed by atoms with Gasteiger partial charge in [0, 0.05) is 18.8 Å². The maximum absolute atomic E-state index is 11.1. The molecule has 0 amide bonds. The molecule has 0 aromatic carbocycles. The van der Waals surface area contributed by atoms with Gasteiger partial charge in [-0.15, -0.1) is 0 Å². The van der Waals surface area contributed by atoms with E-state index in [-0.39, 0.29) is 12.0 Å². The minimum absolute atomic E-state index is 0.188. The van der Waals surface area contributed by atoms with Crippen molar-refractivity contribution >= 4 is 5.97 Å². The van der Waals surface area contributed by atoms with Crippen molar-refractivity contribution in [2.24, 2.45) is 5.92 Å². The molecule has 1 aromatic heterocycles. The van der Waals surface area contributed by atoms with E-state index in [1.165, 1.54) is 0 Å². The fourth-order valence-electron chi connectivity index (χ4n) is 2.47. The average Bonchev–Trinajstić information content (AvgIpc) is 2.39. The molecular formula is C14H20N2O2. The Hall–Kier alpha value is -1.42. The number of rotatable bonds is 3. The van der Waals surface area contributed by atoms with Crippen LogP contribution in [0.5, 0.6) is 0 Å². The molecule has 18 heavy (non-hydrogen) atoms. The molecule has 1 aliphatic rings. The summed E-state index contributed by atoms with van der Waals surface area (Å²) >= 11 is 0. The zero-order chi connectivity index (χ0) is 13.1. The van der Waals surface area contributed by atoms with Gasteiger partial charge >= 0.3 is 5.97 Å². The molecule has 1 aliphatic heterocycles. The summed E-state index contributed by atoms with van der Waals surface area (Å²) in [6.07, 6.45) is 3.61. The largest absolute Gasteiger partial charge is 0.481 e. The average molecular weight is 248 g/mol. The summed E-state index contributed by atoms with van der Waals surface area (Å²) in [5.41, 5.74) is 2.17. The summed E-state index contributed by atoms with van der Waals surface area (Å²) in [6, 6.07) is 4.27. The lowest BCUT2D eigenvalue weighted by atomic mass is 9.96. The lowest BCUT2D eigenvalue weighted by Gasteiger charge is -2.35. The van der Waals surface area contributed by atoms with E-state index >= 15 is 0 Å². The van der Waals surface area contributed by atoms with Gasteiger partial charge in [0.25, 0.3) is 0 Å². The van der Waals surface area contributed by atoms with Crippen LogP contribution in [0.2, 0.25) is 0 Å². The smallest absolute Gasteiger partial charge is 0.307 e. The number of aryl methyl sites for hydroxylation is 1. The predicted octanol–water partition coefficient (Wildman–Crippen LogP) is 2.25. The van der Waals surface area contributed by atoms with Crippen molar-refractivity contribution in [1.29, 1.82) is 0 Å². The van der Waals surface area contributed by atoms with E-state index in [1.807, 2.05) is 19.2 Å². The number of likely N-dealkylation sites (tertiary alicyclic amines) is 1. The van der Waals surface area contributed by atoms with Crippen LogP contribution in [0.3, 0.4) is 0 Å². The van der Waals surface area contributed by atoms with E-state index in [1.54, 1.807) is 0 Å². The van der Waals surface area contributed by atoms with E-state index in [9.17, 15) is 4.79 Å². The highest BCUT2D eigenvalue weighted by molar-refractivity contribution is 5.70. The highest BCUT2D eigenvalue weighted by Crippen LogP contribution is 2.25. The number of carbonyl (C=O) groups is 1. The molecule has 0 bridgehead atoms. The first-order valence-electron chi connectivity index (χ1n) is 6.47. The number of aliphatic carboxylic acids is 1. The van der Waals surface area contributed by atoms with Crippen LogP contribution in [0.15, 0.2) is 18.3 Å². The van der Waals surface area contributed by atoms with Crippen LogP contribution < -0.4 is 0 Å². The molecule has 2 unspecified atom stereocenters. The Morgan fingerprint density at radius 1 is 1.56 bits per heavy atom. The number of pyridine rings is 1. The van der Waals surface area contributed by atoms with Crippen molar-refractivity contribution < 1.29 is 9.90 Å². The van der Waals surface area contributed by atoms with Crippen LogP contribution in [0, 0.1) is 12.8 Å². The second-order valence-corrected chi connectivity index (χ2v) is 5.11. The molecule has 1 saturated heterocycles. The van der Waals surface area contributed by atoms with Gasteiger partial charge in [-0.3, -0.25) is 14.7 Å². The first-order valence-corrected chi connectivity index (χ1v) is 6.47. The number of piperidine rings is 1. The van der Waals surface area contributed by atoms with Gasteiger partial charge in [-0.25, -0.2) is 0 Å². The molecule has 0 aliphatic carbocycles. The minimum atomic E-state index is -0.677. The van der Waals surface area contributed by atoms with Gasteiger partial charge < -0.3 is 5.11 Å². The molecule has 98 valence electrons. The molecule has 1 aromatic rings. The van der Waals surface area contributed by atoms with Gasteiger partial charge in [-0.2, -0.15) is 0 Å². The molecule has 1 fully saturated rings. The number of nitrogens with zero attached hydrogens (tertiary/aromatic N) is 2. The lowest BCUT2D eigenvalue weighted by Crippen LogP contribution is -2.40. The van der Waals surface area contributed by atoms with Crippen LogP contribution in [0.1, 0.15) is 37.1 Å². The number of carboxylic acid groups (broad SMARTS) is 1. The Morgan fingerprint density at radius 3 is 2.94 bits per heavy atom. The topological polar surface area (TPSA) is 53.4 Å². The fraction of sp³-hybridized carbons (Fsp3) is 0.571. The third-order valence-electron chi connectivity index (χ3n) is 3.71. The molecule has 2 heterocycles. The number of carboxylic acids is 1. The number of hydrogen-bond acceptors (Lipinski definition) is 3. The van der Waals surface area contributed by atoms with Crippen LogP contribution in [0.4, 0.5) is 0 Å². The van der Waals surface area contributed by atoms with Gasteiger partial charge in [0.05, 0.1) is 11.6 Å². The Labute approximate surface area is 108 Å². The quantitative estimate of drug-likeness (QED) is 0.891. The third kappa shape index (κ3) is 2.88. The van der Waals surface area contributed by atoms with Gasteiger partial charge in [-0.1, -0.05) is 6.07 Å². The molecule has 2 rings (SSSR count). The van der Waals surface area contributed by atoms with E-state index in [0.29, 0.717) is 6.54 Å². The standard InChI is InChI=1S/C14H20N2O2/c1-10-5-6-13(15-8-10)11(2)16-7-3-4-12(9-16)14(17)18/h5-6,8,11-12H,3-4,7,9H2,1-2H3,(H,17,18). The van der Waals surface area contributed by atoms with Crippen molar-refractivity contribution in [1.82, 2.24) is 9.88 Å². The lowest BCUT2D eigenvalue weighted by molar-refractivity contribution is -0.143. The second kappa shape index (κ2) is 5.48. The highest BCUT2D eigenvalue weighted by atomic mass is 16.4. The molecular weight excluding hydrogens is 228 g/mol. The van der Waals surface area contributed by atoms with Crippen LogP contribution in [0.25, 0.3) is 0 Å². The maximum atomic E-state index is 11.1. The molecule has 4 heteroatoms. The zero-order valence-electron chi connectivity index (χ0n) is 11.0. The molecule has 4 nitrogen and oxygen atoms in total. The first-order chi connectivity index (χ1) is 8.58. The van der Waals surface area contributed by atoms with Crippen LogP contribution in [-0.4, -0.2) is 34.0 Å². The van der Waals surface area contributed by atoms with Crippen LogP contribution >= 0.6 is 0 Å². The van der Waals surface area contributed by atoms with Gasteiger partial charge in [0.1, 0.15) is 0 Å². The van der Waals surface area contributed by atoms with E-state index in [2.05, 4.69) is 22.9 Å². The van der Waals surface area contributed by atoms with Crippen LogP contribution in [-0.2, 0) is 4.79 Å². The third-order valence-corrected chi connectivity index (χ3v) is 3.71. The fourth-order valence-corrected chi connectivity index (χ4v) is 2.47. The SMILES string of the molecule is Cc1ccc(C(C)N2CCCC(C(=O)O)C2)nc1. The van der Waals surface area contributed by atoms with Gasteiger partial charge in [-0.05, 0) is 44.9 Å². The van der Waals surface area contributed by atoms with Crippen molar-refractivity contribution in [3.8, 4) is 0 Å². The van der Waals surface area contributed by atoms with Crippen molar-refractivity contribution in [3.63, 3.8) is 0 Å². The second-order valence-electron chi connectivity index (χ2n) is 5.11. The highest BCUT2D eigenvalue weighted by Gasteiger charge is 2.28. The van der Waals surface area contributed by atoms with Crippen molar-refractivity contribution in [2.75, 3.05) is 13.1 Å². The van der Waals surface area contributed by atoms with E-state index in [4.69, 9.17) is 5.11 Å². The Bertz CT molecular complexity index is 416. The Kier molecular flexibility index (Phi) is 3.97. The minimum Gasteiger partial charge on any atom is -0.481 e. The van der Waals surface area contributed by atoms with Crippen molar-refractivity contribution in [3.05, 3.63) is 29.6 Å². The molecule has 1 N–H and O–H groups in total. The summed E-state index contributed by atoms with van der Waals surface area (Å²) < 4.78 is 0. The molecule has 2 atom stereocenters. The first kappa shape index (κ1) is 13.0.